The number of rotatable bonds is 5. The number of hydrogen-bond donors (Lipinski definition) is 1. The molecule has 114 valence electrons. The molecular weight excluding hydrogens is 321 g/mol. The van der Waals surface area contributed by atoms with Gasteiger partial charge >= 0.3 is 0 Å². The summed E-state index contributed by atoms with van der Waals surface area (Å²) >= 11 is 11.9. The van der Waals surface area contributed by atoms with Crippen LogP contribution in [0.25, 0.3) is 10.9 Å². The lowest BCUT2D eigenvalue weighted by Gasteiger charge is -2.15. The Balaban J connectivity index is 1.64. The van der Waals surface area contributed by atoms with Crippen molar-refractivity contribution in [1.82, 2.24) is 4.57 Å². The molecule has 0 aliphatic heterocycles. The molecule has 1 heterocycles. The second-order valence-electron chi connectivity index (χ2n) is 5.07. The van der Waals surface area contributed by atoms with Crippen molar-refractivity contribution in [3.8, 4) is 5.75 Å². The first-order chi connectivity index (χ1) is 10.6. The van der Waals surface area contributed by atoms with Gasteiger partial charge in [0.15, 0.2) is 0 Å². The number of aliphatic hydroxyl groups is 1. The number of aromatic nitrogens is 1. The van der Waals surface area contributed by atoms with Gasteiger partial charge in [0.25, 0.3) is 0 Å². The van der Waals surface area contributed by atoms with Gasteiger partial charge in [0.05, 0.1) is 11.6 Å². The minimum atomic E-state index is -0.637. The van der Waals surface area contributed by atoms with E-state index in [1.54, 1.807) is 18.2 Å². The Kier molecular flexibility index (Phi) is 4.57. The van der Waals surface area contributed by atoms with Crippen LogP contribution in [-0.4, -0.2) is 22.4 Å². The van der Waals surface area contributed by atoms with E-state index in [2.05, 4.69) is 0 Å². The van der Waals surface area contributed by atoms with E-state index in [4.69, 9.17) is 27.9 Å². The molecule has 0 amide bonds. The highest BCUT2D eigenvalue weighted by atomic mass is 35.5. The van der Waals surface area contributed by atoms with E-state index in [0.717, 1.165) is 10.9 Å². The SMILES string of the molecule is OC(COc1ccc(Cl)cc1Cl)Cn1ccc2ccccc21. The molecule has 3 aromatic rings. The molecule has 0 bridgehead atoms. The van der Waals surface area contributed by atoms with Crippen LogP contribution in [0.3, 0.4) is 0 Å². The van der Waals surface area contributed by atoms with Gasteiger partial charge in [0.1, 0.15) is 18.5 Å². The summed E-state index contributed by atoms with van der Waals surface area (Å²) in [6.45, 7) is 0.618. The minimum absolute atomic E-state index is 0.161. The third kappa shape index (κ3) is 3.38. The van der Waals surface area contributed by atoms with Gasteiger partial charge in [0.2, 0.25) is 0 Å². The fourth-order valence-electron chi connectivity index (χ4n) is 2.36. The average Bonchev–Trinajstić information content (AvgIpc) is 2.90. The second kappa shape index (κ2) is 6.61. The van der Waals surface area contributed by atoms with Crippen LogP contribution in [0.5, 0.6) is 5.75 Å². The average molecular weight is 336 g/mol. The first kappa shape index (κ1) is 15.2. The van der Waals surface area contributed by atoms with Crippen molar-refractivity contribution >= 4 is 34.1 Å². The summed E-state index contributed by atoms with van der Waals surface area (Å²) in [5.74, 6) is 0.516. The van der Waals surface area contributed by atoms with Crippen LogP contribution in [0.4, 0.5) is 0 Å². The highest BCUT2D eigenvalue weighted by Gasteiger charge is 2.10. The normalized spacial score (nSPS) is 12.5. The lowest BCUT2D eigenvalue weighted by atomic mass is 10.2. The molecule has 1 unspecified atom stereocenters. The van der Waals surface area contributed by atoms with Crippen molar-refractivity contribution in [2.75, 3.05) is 6.61 Å². The minimum Gasteiger partial charge on any atom is -0.489 e. The molecular formula is C17H15Cl2NO2. The van der Waals surface area contributed by atoms with E-state index >= 15 is 0 Å². The first-order valence-electron chi connectivity index (χ1n) is 6.93. The smallest absolute Gasteiger partial charge is 0.138 e. The zero-order chi connectivity index (χ0) is 15.5. The summed E-state index contributed by atoms with van der Waals surface area (Å²) in [6.07, 6.45) is 1.32. The number of fused-ring (bicyclic) bond motifs is 1. The zero-order valence-electron chi connectivity index (χ0n) is 11.7. The largest absolute Gasteiger partial charge is 0.489 e. The van der Waals surface area contributed by atoms with Gasteiger partial charge in [-0.25, -0.2) is 0 Å². The number of benzene rings is 2. The molecule has 1 atom stereocenters. The van der Waals surface area contributed by atoms with Crippen LogP contribution in [0.15, 0.2) is 54.7 Å². The van der Waals surface area contributed by atoms with Crippen molar-refractivity contribution in [2.24, 2.45) is 0 Å². The second-order valence-corrected chi connectivity index (χ2v) is 5.91. The Morgan fingerprint density at radius 3 is 2.73 bits per heavy atom. The molecule has 3 rings (SSSR count). The van der Waals surface area contributed by atoms with Gasteiger partial charge in [-0.3, -0.25) is 0 Å². The number of ether oxygens (including phenoxy) is 1. The number of hydrogen-bond acceptors (Lipinski definition) is 2. The lowest BCUT2D eigenvalue weighted by Crippen LogP contribution is -2.23. The van der Waals surface area contributed by atoms with Gasteiger partial charge in [-0.2, -0.15) is 0 Å². The molecule has 22 heavy (non-hydrogen) atoms. The summed E-state index contributed by atoms with van der Waals surface area (Å²) in [5.41, 5.74) is 1.09. The number of halogens is 2. The Hall–Kier alpha value is -1.68. The van der Waals surface area contributed by atoms with E-state index in [-0.39, 0.29) is 6.61 Å². The molecule has 0 fully saturated rings. The summed E-state index contributed by atoms with van der Waals surface area (Å²) < 4.78 is 7.57. The van der Waals surface area contributed by atoms with Crippen molar-refractivity contribution in [2.45, 2.75) is 12.6 Å². The van der Waals surface area contributed by atoms with E-state index in [0.29, 0.717) is 22.3 Å². The van der Waals surface area contributed by atoms with Gasteiger partial charge < -0.3 is 14.4 Å². The molecule has 0 aliphatic rings. The number of nitrogens with zero attached hydrogens (tertiary/aromatic N) is 1. The van der Waals surface area contributed by atoms with Gasteiger partial charge in [0, 0.05) is 16.7 Å². The molecule has 0 saturated heterocycles. The maximum atomic E-state index is 10.2. The van der Waals surface area contributed by atoms with Crippen LogP contribution in [0, 0.1) is 0 Å². The third-order valence-corrected chi connectivity index (χ3v) is 3.94. The van der Waals surface area contributed by atoms with Crippen molar-refractivity contribution in [3.63, 3.8) is 0 Å². The fraction of sp³-hybridized carbons (Fsp3) is 0.176. The summed E-state index contributed by atoms with van der Waals surface area (Å²) in [4.78, 5) is 0. The molecule has 0 spiro atoms. The van der Waals surface area contributed by atoms with Crippen LogP contribution >= 0.6 is 23.2 Å². The van der Waals surface area contributed by atoms with E-state index in [1.165, 1.54) is 0 Å². The maximum Gasteiger partial charge on any atom is 0.138 e. The molecule has 1 N–H and O–H groups in total. The van der Waals surface area contributed by atoms with Gasteiger partial charge in [-0.05, 0) is 35.7 Å². The van der Waals surface area contributed by atoms with Gasteiger partial charge in [-0.1, -0.05) is 41.4 Å². The van der Waals surface area contributed by atoms with E-state index in [1.807, 2.05) is 41.1 Å². The molecule has 2 aromatic carbocycles. The van der Waals surface area contributed by atoms with Crippen molar-refractivity contribution in [1.29, 1.82) is 0 Å². The molecule has 0 radical (unpaired) electrons. The number of para-hydroxylation sites is 1. The van der Waals surface area contributed by atoms with Crippen LogP contribution in [-0.2, 0) is 6.54 Å². The predicted molar refractivity (Wildman–Crippen MR) is 89.9 cm³/mol. The number of aliphatic hydroxyl groups excluding tert-OH is 1. The van der Waals surface area contributed by atoms with E-state index < -0.39 is 6.10 Å². The van der Waals surface area contributed by atoms with Crippen LogP contribution in [0.2, 0.25) is 10.0 Å². The quantitative estimate of drug-likeness (QED) is 0.750. The fourth-order valence-corrected chi connectivity index (χ4v) is 2.82. The Bertz CT molecular complexity index is 785. The summed E-state index contributed by atoms with van der Waals surface area (Å²) in [5, 5.41) is 12.3. The van der Waals surface area contributed by atoms with E-state index in [9.17, 15) is 5.11 Å². The van der Waals surface area contributed by atoms with Crippen molar-refractivity contribution in [3.05, 3.63) is 64.8 Å². The molecule has 0 aliphatic carbocycles. The molecule has 3 nitrogen and oxygen atoms in total. The maximum absolute atomic E-state index is 10.2. The lowest BCUT2D eigenvalue weighted by molar-refractivity contribution is 0.0936. The van der Waals surface area contributed by atoms with Gasteiger partial charge in [-0.15, -0.1) is 0 Å². The third-order valence-electron chi connectivity index (χ3n) is 3.41. The van der Waals surface area contributed by atoms with Crippen molar-refractivity contribution < 1.29 is 9.84 Å². The Morgan fingerprint density at radius 2 is 1.91 bits per heavy atom. The standard InChI is InChI=1S/C17H15Cl2NO2/c18-13-5-6-17(15(19)9-13)22-11-14(21)10-20-8-7-12-3-1-2-4-16(12)20/h1-9,14,21H,10-11H2. The highest BCUT2D eigenvalue weighted by molar-refractivity contribution is 6.35. The zero-order valence-corrected chi connectivity index (χ0v) is 13.3. The molecule has 1 aromatic heterocycles. The predicted octanol–water partition coefficient (Wildman–Crippen LogP) is 4.39. The Labute approximate surface area is 138 Å². The molecule has 5 heteroatoms. The topological polar surface area (TPSA) is 34.4 Å². The summed E-state index contributed by atoms with van der Waals surface area (Å²) in [6, 6.07) is 15.1. The monoisotopic (exact) mass is 335 g/mol. The Morgan fingerprint density at radius 1 is 1.09 bits per heavy atom. The summed E-state index contributed by atoms with van der Waals surface area (Å²) in [7, 11) is 0. The highest BCUT2D eigenvalue weighted by Crippen LogP contribution is 2.27. The van der Waals surface area contributed by atoms with Crippen LogP contribution < -0.4 is 4.74 Å². The molecule has 0 saturated carbocycles. The van der Waals surface area contributed by atoms with Crippen LogP contribution in [0.1, 0.15) is 0 Å². The first-order valence-corrected chi connectivity index (χ1v) is 7.69.